The number of nitriles is 1. The van der Waals surface area contributed by atoms with Crippen LogP contribution in [0.15, 0.2) is 30.3 Å². The number of hydrogen-bond acceptors (Lipinski definition) is 6. The maximum absolute atomic E-state index is 14.0. The standard InChI is InChI=1S/C30H36F3N5O5/c1-16(43-19-9-7-6-8-10-19)20(36-25(42)30(31,32)33)24(41)38-15-28-14-29(28,27(28,4)5)21(38)23(40)35-18(13-34)11-17-12-26(2,3)37-22(17)39/h6-10,16-18,20-21H,11-12,14-15H2,1-5H3,(H,35,40)(H,36,42)(H,37,39)/t16-,17-,18+,20+,21-,28?,29+/m1/s1. The number of amides is 4. The monoisotopic (exact) mass is 603 g/mol. The highest BCUT2D eigenvalue weighted by molar-refractivity contribution is 5.96. The highest BCUT2D eigenvalue weighted by Gasteiger charge is 3.02. The summed E-state index contributed by atoms with van der Waals surface area (Å²) < 4.78 is 45.7. The van der Waals surface area contributed by atoms with Crippen molar-refractivity contribution in [3.8, 4) is 11.8 Å². The van der Waals surface area contributed by atoms with Crippen molar-refractivity contribution in [3.63, 3.8) is 0 Å². The lowest BCUT2D eigenvalue weighted by Crippen LogP contribution is -2.63. The van der Waals surface area contributed by atoms with E-state index in [1.165, 1.54) is 11.8 Å². The molecule has 2 aliphatic heterocycles. The number of piperidine rings is 2. The SMILES string of the molecule is C[C@@H](Oc1ccccc1)[C@H](NC(=O)C(F)(F)F)C(=O)N1CC23C[C@]2([C@H]1C(=O)N[C@H](C#N)C[C@@H]1CC(C)(C)NC1=O)C3(C)C. The molecule has 5 rings (SSSR count). The van der Waals surface area contributed by atoms with Crippen LogP contribution in [0.4, 0.5) is 13.2 Å². The second-order valence-electron chi connectivity index (χ2n) is 13.5. The van der Waals surface area contributed by atoms with Crippen LogP contribution in [-0.4, -0.2) is 71.0 Å². The van der Waals surface area contributed by atoms with Crippen molar-refractivity contribution in [2.24, 2.45) is 22.2 Å². The average molecular weight is 604 g/mol. The largest absolute Gasteiger partial charge is 0.488 e. The number of likely N-dealkylation sites (tertiary alicyclic amines) is 1. The quantitative estimate of drug-likeness (QED) is 0.396. The molecule has 43 heavy (non-hydrogen) atoms. The molecular weight excluding hydrogens is 567 g/mol. The molecule has 1 aromatic rings. The number of carbonyl (C=O) groups excluding carboxylic acids is 4. The minimum absolute atomic E-state index is 0.0753. The van der Waals surface area contributed by atoms with Crippen molar-refractivity contribution >= 4 is 23.6 Å². The predicted octanol–water partition coefficient (Wildman–Crippen LogP) is 2.44. The molecule has 0 bridgehead atoms. The Morgan fingerprint density at radius 2 is 1.81 bits per heavy atom. The summed E-state index contributed by atoms with van der Waals surface area (Å²) in [5, 5.41) is 17.2. The third-order valence-corrected chi connectivity index (χ3v) is 10.2. The van der Waals surface area contributed by atoms with Crippen LogP contribution in [0.5, 0.6) is 5.75 Å². The van der Waals surface area contributed by atoms with Gasteiger partial charge in [-0.3, -0.25) is 19.2 Å². The van der Waals surface area contributed by atoms with Gasteiger partial charge in [0.05, 0.1) is 6.07 Å². The molecule has 7 atom stereocenters. The van der Waals surface area contributed by atoms with Gasteiger partial charge in [0, 0.05) is 28.8 Å². The Kier molecular flexibility index (Phi) is 7.02. The van der Waals surface area contributed by atoms with Crippen molar-refractivity contribution in [2.45, 2.75) is 89.8 Å². The van der Waals surface area contributed by atoms with Gasteiger partial charge >= 0.3 is 12.1 Å². The van der Waals surface area contributed by atoms with E-state index in [1.807, 2.05) is 33.8 Å². The van der Waals surface area contributed by atoms with E-state index in [9.17, 15) is 37.6 Å². The van der Waals surface area contributed by atoms with Crippen molar-refractivity contribution in [1.82, 2.24) is 20.9 Å². The number of rotatable bonds is 9. The smallest absolute Gasteiger partial charge is 0.471 e. The lowest BCUT2D eigenvalue weighted by atomic mass is 9.80. The molecule has 2 aliphatic carbocycles. The molecule has 13 heteroatoms. The van der Waals surface area contributed by atoms with Crippen molar-refractivity contribution < 1.29 is 37.1 Å². The van der Waals surface area contributed by atoms with Crippen LogP contribution in [-0.2, 0) is 19.2 Å². The summed E-state index contributed by atoms with van der Waals surface area (Å²) in [4.78, 5) is 53.6. The first-order chi connectivity index (χ1) is 19.9. The summed E-state index contributed by atoms with van der Waals surface area (Å²) in [5.74, 6) is -4.22. The van der Waals surface area contributed by atoms with Crippen LogP contribution in [0.2, 0.25) is 0 Å². The molecule has 10 nitrogen and oxygen atoms in total. The lowest BCUT2D eigenvalue weighted by molar-refractivity contribution is -0.176. The zero-order valence-corrected chi connectivity index (χ0v) is 24.7. The van der Waals surface area contributed by atoms with Gasteiger partial charge in [-0.15, -0.1) is 0 Å². The molecular formula is C30H36F3N5O5. The fraction of sp³-hybridized carbons (Fsp3) is 0.633. The molecule has 2 saturated heterocycles. The van der Waals surface area contributed by atoms with Gasteiger partial charge in [0.2, 0.25) is 17.7 Å². The van der Waals surface area contributed by atoms with E-state index in [4.69, 9.17) is 4.74 Å². The van der Waals surface area contributed by atoms with Crippen LogP contribution in [0.25, 0.3) is 0 Å². The van der Waals surface area contributed by atoms with Gasteiger partial charge in [-0.25, -0.2) is 0 Å². The van der Waals surface area contributed by atoms with E-state index in [0.29, 0.717) is 12.8 Å². The van der Waals surface area contributed by atoms with Gasteiger partial charge in [-0.1, -0.05) is 32.0 Å². The van der Waals surface area contributed by atoms with E-state index < -0.39 is 70.4 Å². The molecule has 1 unspecified atom stereocenters. The fourth-order valence-corrected chi connectivity index (χ4v) is 7.90. The number of para-hydroxylation sites is 1. The Bertz CT molecular complexity index is 1390. The molecule has 232 valence electrons. The Balaban J connectivity index is 1.39. The van der Waals surface area contributed by atoms with Gasteiger partial charge in [0.1, 0.15) is 30.0 Å². The fourth-order valence-electron chi connectivity index (χ4n) is 7.90. The topological polar surface area (TPSA) is 141 Å². The van der Waals surface area contributed by atoms with Crippen LogP contribution < -0.4 is 20.7 Å². The van der Waals surface area contributed by atoms with Crippen molar-refractivity contribution in [3.05, 3.63) is 30.3 Å². The number of halogens is 3. The van der Waals surface area contributed by atoms with Crippen molar-refractivity contribution in [2.75, 3.05) is 6.54 Å². The van der Waals surface area contributed by atoms with E-state index >= 15 is 0 Å². The van der Waals surface area contributed by atoms with Crippen LogP contribution in [0, 0.1) is 33.5 Å². The zero-order valence-electron chi connectivity index (χ0n) is 24.7. The van der Waals surface area contributed by atoms with Crippen LogP contribution in [0.1, 0.15) is 53.9 Å². The predicted molar refractivity (Wildman–Crippen MR) is 146 cm³/mol. The zero-order chi connectivity index (χ0) is 31.8. The Morgan fingerprint density at radius 3 is 2.35 bits per heavy atom. The number of nitrogens with one attached hydrogen (secondary N) is 3. The summed E-state index contributed by atoms with van der Waals surface area (Å²) in [6.45, 7) is 9.18. The molecule has 4 aliphatic rings. The molecule has 4 fully saturated rings. The number of ether oxygens (including phenoxy) is 1. The summed E-state index contributed by atoms with van der Waals surface area (Å²) >= 11 is 0. The highest BCUT2D eigenvalue weighted by atomic mass is 19.4. The number of nitrogens with zero attached hydrogens (tertiary/aromatic N) is 2. The summed E-state index contributed by atoms with van der Waals surface area (Å²) in [7, 11) is 0. The molecule has 2 saturated carbocycles. The Morgan fingerprint density at radius 1 is 1.16 bits per heavy atom. The summed E-state index contributed by atoms with van der Waals surface area (Å²) in [6.07, 6.45) is -5.27. The Labute approximate surface area is 247 Å². The second-order valence-corrected chi connectivity index (χ2v) is 13.5. The maximum atomic E-state index is 14.0. The van der Waals surface area contributed by atoms with Gasteiger partial charge < -0.3 is 25.6 Å². The van der Waals surface area contributed by atoms with Crippen LogP contribution in [0.3, 0.4) is 0 Å². The van der Waals surface area contributed by atoms with E-state index in [0.717, 1.165) is 0 Å². The second kappa shape index (κ2) is 9.86. The van der Waals surface area contributed by atoms with E-state index in [-0.39, 0.29) is 30.0 Å². The third kappa shape index (κ3) is 4.79. The van der Waals surface area contributed by atoms with Gasteiger partial charge in [-0.05, 0) is 57.6 Å². The molecule has 3 N–H and O–H groups in total. The molecule has 2 heterocycles. The normalized spacial score (nSPS) is 31.3. The number of hydrogen-bond donors (Lipinski definition) is 3. The Hall–Kier alpha value is -3.82. The molecule has 0 aromatic heterocycles. The first-order valence-electron chi connectivity index (χ1n) is 14.3. The first-order valence-corrected chi connectivity index (χ1v) is 14.3. The number of benzene rings is 1. The van der Waals surface area contributed by atoms with E-state index in [2.05, 4.69) is 10.6 Å². The van der Waals surface area contributed by atoms with Gasteiger partial charge in [-0.2, -0.15) is 18.4 Å². The highest BCUT2D eigenvalue weighted by Crippen LogP contribution is 3.00. The summed E-state index contributed by atoms with van der Waals surface area (Å²) in [5.41, 5.74) is -1.75. The minimum atomic E-state index is -5.25. The van der Waals surface area contributed by atoms with E-state index in [1.54, 1.807) is 35.6 Å². The van der Waals surface area contributed by atoms with Gasteiger partial charge in [0.25, 0.3) is 0 Å². The number of alkyl halides is 3. The first kappa shape index (κ1) is 30.6. The molecule has 1 aromatic carbocycles. The maximum Gasteiger partial charge on any atom is 0.471 e. The van der Waals surface area contributed by atoms with Crippen molar-refractivity contribution in [1.29, 1.82) is 5.26 Å². The average Bonchev–Trinajstić information content (AvgIpc) is 3.56. The summed E-state index contributed by atoms with van der Waals surface area (Å²) in [6, 6.07) is 6.33. The molecule has 0 radical (unpaired) electrons. The van der Waals surface area contributed by atoms with Crippen LogP contribution >= 0.6 is 0 Å². The number of carbonyl (C=O) groups is 4. The third-order valence-electron chi connectivity index (χ3n) is 10.2. The molecule has 4 amide bonds. The van der Waals surface area contributed by atoms with Gasteiger partial charge in [0.15, 0.2) is 0 Å². The molecule has 0 spiro atoms. The lowest BCUT2D eigenvalue weighted by Gasteiger charge is -2.41. The minimum Gasteiger partial charge on any atom is -0.488 e.